The maximum Gasteiger partial charge on any atom is 0.269 e. The molecule has 1 aliphatic carbocycles. The molecule has 1 amide bonds. The molecule has 3 aromatic rings. The molecule has 32 heavy (non-hydrogen) atoms. The number of nitrogens with zero attached hydrogens (tertiary/aromatic N) is 3. The number of hydrogen-bond donors (Lipinski definition) is 1. The number of carbonyl (C=O) groups excluding carboxylic acids is 1. The number of ether oxygens (including phenoxy) is 1. The van der Waals surface area contributed by atoms with Gasteiger partial charge in [-0.15, -0.1) is 0 Å². The lowest BCUT2D eigenvalue weighted by molar-refractivity contribution is -0.117. The molecule has 1 N–H and O–H groups in total. The van der Waals surface area contributed by atoms with Crippen LogP contribution in [0.25, 0.3) is 11.7 Å². The summed E-state index contributed by atoms with van der Waals surface area (Å²) in [6.45, 7) is 3.90. The molecular formula is C25H24N4O3. The summed E-state index contributed by atoms with van der Waals surface area (Å²) in [5, 5.41) is 12.5. The van der Waals surface area contributed by atoms with Crippen LogP contribution in [0.1, 0.15) is 42.4 Å². The van der Waals surface area contributed by atoms with Crippen molar-refractivity contribution in [2.75, 3.05) is 0 Å². The molecule has 162 valence electrons. The van der Waals surface area contributed by atoms with E-state index in [1.165, 1.54) is 10.5 Å². The fourth-order valence-corrected chi connectivity index (χ4v) is 4.01. The second-order valence-corrected chi connectivity index (χ2v) is 8.11. The van der Waals surface area contributed by atoms with Gasteiger partial charge in [-0.25, -0.2) is 0 Å². The van der Waals surface area contributed by atoms with Gasteiger partial charge in [-0.3, -0.25) is 14.0 Å². The van der Waals surface area contributed by atoms with Crippen LogP contribution < -0.4 is 15.6 Å². The van der Waals surface area contributed by atoms with Crippen molar-refractivity contribution in [3.05, 3.63) is 75.2 Å². The fourth-order valence-electron chi connectivity index (χ4n) is 4.01. The molecule has 4 rings (SSSR count). The zero-order chi connectivity index (χ0) is 22.7. The van der Waals surface area contributed by atoms with Gasteiger partial charge >= 0.3 is 0 Å². The van der Waals surface area contributed by atoms with Crippen LogP contribution in [0, 0.1) is 25.2 Å². The zero-order valence-electron chi connectivity index (χ0n) is 18.1. The van der Waals surface area contributed by atoms with Gasteiger partial charge in [-0.05, 0) is 68.2 Å². The second-order valence-electron chi connectivity index (χ2n) is 8.11. The summed E-state index contributed by atoms with van der Waals surface area (Å²) >= 11 is 0. The van der Waals surface area contributed by atoms with Gasteiger partial charge in [0.2, 0.25) is 5.88 Å². The smallest absolute Gasteiger partial charge is 0.269 e. The first-order chi connectivity index (χ1) is 15.4. The Bertz CT molecular complexity index is 1290. The maximum atomic E-state index is 13.2. The first kappa shape index (κ1) is 21.3. The van der Waals surface area contributed by atoms with Gasteiger partial charge in [-0.2, -0.15) is 10.2 Å². The highest BCUT2D eigenvalue weighted by molar-refractivity contribution is 6.02. The number of hydrogen-bond acceptors (Lipinski definition) is 5. The highest BCUT2D eigenvalue weighted by atomic mass is 16.5. The van der Waals surface area contributed by atoms with E-state index in [0.29, 0.717) is 11.4 Å². The molecular weight excluding hydrogens is 404 g/mol. The van der Waals surface area contributed by atoms with Crippen molar-refractivity contribution in [1.82, 2.24) is 14.7 Å². The third-order valence-electron chi connectivity index (χ3n) is 5.49. The minimum absolute atomic E-state index is 0.0472. The number of fused-ring (bicyclic) bond motifs is 1. The molecule has 1 saturated carbocycles. The first-order valence-corrected chi connectivity index (χ1v) is 10.6. The number of benzene rings is 1. The van der Waals surface area contributed by atoms with Crippen LogP contribution in [0.3, 0.4) is 0 Å². The molecule has 2 heterocycles. The Balaban J connectivity index is 1.80. The SMILES string of the molecule is Cc1cc(C)cc(Oc2nc3ccccn3c(=O)c2/C=C(\C#N)C(=O)NC2CCCC2)c1. The summed E-state index contributed by atoms with van der Waals surface area (Å²) in [6, 6.07) is 12.9. The third-order valence-corrected chi connectivity index (χ3v) is 5.49. The van der Waals surface area contributed by atoms with Gasteiger partial charge in [-0.1, -0.05) is 25.0 Å². The van der Waals surface area contributed by atoms with Crippen LogP contribution in [0.5, 0.6) is 11.6 Å². The molecule has 1 fully saturated rings. The van der Waals surface area contributed by atoms with Gasteiger partial charge < -0.3 is 10.1 Å². The van der Waals surface area contributed by atoms with Crippen molar-refractivity contribution < 1.29 is 9.53 Å². The normalized spacial score (nSPS) is 14.3. The summed E-state index contributed by atoms with van der Waals surface area (Å²) in [7, 11) is 0. The van der Waals surface area contributed by atoms with E-state index in [9.17, 15) is 14.9 Å². The summed E-state index contributed by atoms with van der Waals surface area (Å²) < 4.78 is 7.37. The molecule has 0 atom stereocenters. The lowest BCUT2D eigenvalue weighted by Gasteiger charge is -2.13. The lowest BCUT2D eigenvalue weighted by atomic mass is 10.1. The Morgan fingerprint density at radius 3 is 2.62 bits per heavy atom. The van der Waals surface area contributed by atoms with E-state index in [2.05, 4.69) is 10.3 Å². The zero-order valence-corrected chi connectivity index (χ0v) is 18.1. The molecule has 0 bridgehead atoms. The molecule has 1 aliphatic rings. The minimum atomic E-state index is -0.491. The number of amides is 1. The lowest BCUT2D eigenvalue weighted by Crippen LogP contribution is -2.33. The summed E-state index contributed by atoms with van der Waals surface area (Å²) in [6.07, 6.45) is 6.77. The number of carbonyl (C=O) groups is 1. The monoisotopic (exact) mass is 428 g/mol. The van der Waals surface area contributed by atoms with Crippen molar-refractivity contribution in [2.24, 2.45) is 0 Å². The van der Waals surface area contributed by atoms with Crippen molar-refractivity contribution in [3.63, 3.8) is 0 Å². The topological polar surface area (TPSA) is 96.5 Å². The largest absolute Gasteiger partial charge is 0.438 e. The van der Waals surface area contributed by atoms with Crippen molar-refractivity contribution in [3.8, 4) is 17.7 Å². The average Bonchev–Trinajstić information content (AvgIpc) is 3.26. The predicted molar refractivity (Wildman–Crippen MR) is 121 cm³/mol. The maximum absolute atomic E-state index is 13.2. The standard InChI is InChI=1S/C25H24N4O3/c1-16-11-17(2)13-20(12-16)32-24-21(25(31)29-10-6-5-9-22(29)28-24)14-18(15-26)23(30)27-19-7-3-4-8-19/h5-6,9-14,19H,3-4,7-8H2,1-2H3,(H,27,30)/b18-14+. The van der Waals surface area contributed by atoms with E-state index in [1.54, 1.807) is 24.4 Å². The van der Waals surface area contributed by atoms with E-state index >= 15 is 0 Å². The number of pyridine rings is 1. The van der Waals surface area contributed by atoms with Crippen molar-refractivity contribution >= 4 is 17.6 Å². The number of aromatic nitrogens is 2. The first-order valence-electron chi connectivity index (χ1n) is 10.6. The van der Waals surface area contributed by atoms with Crippen LogP contribution in [0.15, 0.2) is 53.0 Å². The van der Waals surface area contributed by atoms with E-state index in [0.717, 1.165) is 36.8 Å². The minimum Gasteiger partial charge on any atom is -0.438 e. The summed E-state index contributed by atoms with van der Waals surface area (Å²) in [4.78, 5) is 30.4. The quantitative estimate of drug-likeness (QED) is 0.488. The molecule has 7 nitrogen and oxygen atoms in total. The van der Waals surface area contributed by atoms with Gasteiger partial charge in [0.1, 0.15) is 28.6 Å². The highest BCUT2D eigenvalue weighted by Crippen LogP contribution is 2.26. The Morgan fingerprint density at radius 1 is 1.22 bits per heavy atom. The van der Waals surface area contributed by atoms with Crippen LogP contribution in [-0.2, 0) is 4.79 Å². The van der Waals surface area contributed by atoms with Crippen molar-refractivity contribution in [1.29, 1.82) is 5.26 Å². The Hall–Kier alpha value is -3.92. The molecule has 7 heteroatoms. The summed E-state index contributed by atoms with van der Waals surface area (Å²) in [5.74, 6) is 0.0835. The van der Waals surface area contributed by atoms with E-state index in [1.807, 2.05) is 38.1 Å². The average molecular weight is 428 g/mol. The van der Waals surface area contributed by atoms with Crippen LogP contribution in [0.4, 0.5) is 0 Å². The third kappa shape index (κ3) is 4.54. The van der Waals surface area contributed by atoms with Gasteiger partial charge in [0.05, 0.1) is 0 Å². The molecule has 1 aromatic carbocycles. The number of nitriles is 1. The summed E-state index contributed by atoms with van der Waals surface area (Å²) in [5.41, 5.74) is 1.88. The Kier molecular flexibility index (Phi) is 6.04. The van der Waals surface area contributed by atoms with E-state index in [4.69, 9.17) is 4.74 Å². The van der Waals surface area contributed by atoms with Crippen LogP contribution in [-0.4, -0.2) is 21.3 Å². The van der Waals surface area contributed by atoms with Crippen molar-refractivity contribution in [2.45, 2.75) is 45.6 Å². The highest BCUT2D eigenvalue weighted by Gasteiger charge is 2.21. The Morgan fingerprint density at radius 2 is 1.94 bits per heavy atom. The number of aryl methyl sites for hydroxylation is 2. The van der Waals surface area contributed by atoms with Crippen LogP contribution >= 0.6 is 0 Å². The predicted octanol–water partition coefficient (Wildman–Crippen LogP) is 4.07. The molecule has 0 unspecified atom stereocenters. The number of rotatable bonds is 5. The van der Waals surface area contributed by atoms with E-state index in [-0.39, 0.29) is 23.1 Å². The number of nitrogens with one attached hydrogen (secondary N) is 1. The van der Waals surface area contributed by atoms with Gasteiger partial charge in [0.25, 0.3) is 11.5 Å². The van der Waals surface area contributed by atoms with Gasteiger partial charge in [0.15, 0.2) is 0 Å². The molecule has 2 aromatic heterocycles. The van der Waals surface area contributed by atoms with E-state index < -0.39 is 11.5 Å². The molecule has 0 radical (unpaired) electrons. The fraction of sp³-hybridized carbons (Fsp3) is 0.280. The molecule has 0 spiro atoms. The molecule has 0 aliphatic heterocycles. The second kappa shape index (κ2) is 9.06. The van der Waals surface area contributed by atoms with Crippen LogP contribution in [0.2, 0.25) is 0 Å². The molecule has 0 saturated heterocycles. The van der Waals surface area contributed by atoms with Gasteiger partial charge in [0, 0.05) is 12.2 Å². The Labute approximate surface area is 186 Å².